The van der Waals surface area contributed by atoms with Crippen molar-refractivity contribution in [3.05, 3.63) is 24.3 Å². The number of primary amides is 1. The van der Waals surface area contributed by atoms with Crippen LogP contribution in [0.25, 0.3) is 0 Å². The summed E-state index contributed by atoms with van der Waals surface area (Å²) in [5, 5.41) is 3.03. The molecule has 0 radical (unpaired) electrons. The van der Waals surface area contributed by atoms with Gasteiger partial charge in [0.2, 0.25) is 5.91 Å². The normalized spacial score (nSPS) is 14.4. The third-order valence-electron chi connectivity index (χ3n) is 3.22. The highest BCUT2D eigenvalue weighted by atomic mass is 32.2. The summed E-state index contributed by atoms with van der Waals surface area (Å²) in [4.78, 5) is 11.7. The molecule has 1 aromatic rings. The summed E-state index contributed by atoms with van der Waals surface area (Å²) in [5.41, 5.74) is 4.54. The van der Waals surface area contributed by atoms with Crippen molar-refractivity contribution in [2.24, 2.45) is 5.73 Å². The fourth-order valence-corrected chi connectivity index (χ4v) is 2.51. The van der Waals surface area contributed by atoms with E-state index in [0.717, 1.165) is 6.26 Å². The van der Waals surface area contributed by atoms with Crippen LogP contribution in [0.3, 0.4) is 0 Å². The molecule has 0 saturated carbocycles. The van der Waals surface area contributed by atoms with E-state index in [0.29, 0.717) is 18.7 Å². The van der Waals surface area contributed by atoms with Crippen molar-refractivity contribution in [3.63, 3.8) is 0 Å². The highest BCUT2D eigenvalue weighted by Crippen LogP contribution is 2.18. The van der Waals surface area contributed by atoms with Crippen LogP contribution in [0.15, 0.2) is 29.2 Å². The zero-order valence-corrected chi connectivity index (χ0v) is 13.4. The molecular formula is C14H22N2O4S. The second kappa shape index (κ2) is 6.91. The van der Waals surface area contributed by atoms with Gasteiger partial charge in [-0.3, -0.25) is 4.79 Å². The lowest BCUT2D eigenvalue weighted by Gasteiger charge is -2.26. The fourth-order valence-electron chi connectivity index (χ4n) is 1.86. The van der Waals surface area contributed by atoms with Gasteiger partial charge in [-0.15, -0.1) is 0 Å². The van der Waals surface area contributed by atoms with E-state index in [9.17, 15) is 13.2 Å². The smallest absolute Gasteiger partial charge is 0.237 e. The summed E-state index contributed by atoms with van der Waals surface area (Å²) in [5.74, 6) is -0.000851. The van der Waals surface area contributed by atoms with Crippen molar-refractivity contribution in [2.45, 2.75) is 30.7 Å². The quantitative estimate of drug-likeness (QED) is 0.736. The molecule has 3 N–H and O–H groups in total. The average Bonchev–Trinajstić information content (AvgIpc) is 2.38. The number of ether oxygens (including phenoxy) is 1. The molecular weight excluding hydrogens is 292 g/mol. The zero-order valence-electron chi connectivity index (χ0n) is 12.5. The highest BCUT2D eigenvalue weighted by molar-refractivity contribution is 7.90. The molecule has 1 rings (SSSR count). The van der Waals surface area contributed by atoms with Gasteiger partial charge in [-0.1, -0.05) is 13.0 Å². The summed E-state index contributed by atoms with van der Waals surface area (Å²) in [6, 6.07) is 6.26. The molecule has 7 heteroatoms. The summed E-state index contributed by atoms with van der Waals surface area (Å²) < 4.78 is 28.5. The van der Waals surface area contributed by atoms with E-state index in [1.54, 1.807) is 19.1 Å². The first kappa shape index (κ1) is 17.5. The van der Waals surface area contributed by atoms with Crippen molar-refractivity contribution < 1.29 is 17.9 Å². The van der Waals surface area contributed by atoms with Crippen LogP contribution in [0.5, 0.6) is 5.75 Å². The van der Waals surface area contributed by atoms with Gasteiger partial charge in [0.05, 0.1) is 17.0 Å². The maximum absolute atomic E-state index is 11.5. The number of rotatable bonds is 8. The largest absolute Gasteiger partial charge is 0.493 e. The molecule has 1 aromatic carbocycles. The summed E-state index contributed by atoms with van der Waals surface area (Å²) >= 11 is 0. The van der Waals surface area contributed by atoms with Crippen LogP contribution in [-0.4, -0.2) is 39.3 Å². The third kappa shape index (κ3) is 5.02. The molecule has 1 atom stereocenters. The standard InChI is InChI=1S/C14H22N2O4S/c1-4-16-14(2,13(15)17)8-9-20-11-6-5-7-12(10-11)21(3,18)19/h5-7,10,16H,4,8-9H2,1-3H3,(H2,15,17). The lowest BCUT2D eigenvalue weighted by Crippen LogP contribution is -2.53. The second-order valence-corrected chi connectivity index (χ2v) is 7.09. The Kier molecular flexibility index (Phi) is 5.74. The highest BCUT2D eigenvalue weighted by Gasteiger charge is 2.29. The first-order valence-electron chi connectivity index (χ1n) is 6.67. The average molecular weight is 314 g/mol. The Morgan fingerprint density at radius 2 is 2.10 bits per heavy atom. The minimum absolute atomic E-state index is 0.198. The summed E-state index contributed by atoms with van der Waals surface area (Å²) in [6.07, 6.45) is 1.53. The van der Waals surface area contributed by atoms with Crippen molar-refractivity contribution in [1.82, 2.24) is 5.32 Å². The number of sulfone groups is 1. The molecule has 6 nitrogen and oxygen atoms in total. The number of benzene rings is 1. The van der Waals surface area contributed by atoms with Gasteiger partial charge in [0, 0.05) is 12.7 Å². The summed E-state index contributed by atoms with van der Waals surface area (Å²) in [7, 11) is -3.27. The van der Waals surface area contributed by atoms with Crippen LogP contribution < -0.4 is 15.8 Å². The first-order valence-corrected chi connectivity index (χ1v) is 8.56. The molecule has 0 aliphatic carbocycles. The minimum atomic E-state index is -3.27. The van der Waals surface area contributed by atoms with E-state index in [1.807, 2.05) is 6.92 Å². The topological polar surface area (TPSA) is 98.5 Å². The van der Waals surface area contributed by atoms with Gasteiger partial charge in [-0.25, -0.2) is 8.42 Å². The van der Waals surface area contributed by atoms with E-state index in [-0.39, 0.29) is 11.5 Å². The molecule has 0 aromatic heterocycles. The van der Waals surface area contributed by atoms with Gasteiger partial charge in [-0.05, 0) is 31.7 Å². The lowest BCUT2D eigenvalue weighted by molar-refractivity contribution is -0.124. The number of nitrogens with one attached hydrogen (secondary N) is 1. The van der Waals surface area contributed by atoms with Gasteiger partial charge < -0.3 is 15.8 Å². The van der Waals surface area contributed by atoms with Gasteiger partial charge in [0.15, 0.2) is 9.84 Å². The lowest BCUT2D eigenvalue weighted by atomic mass is 9.97. The van der Waals surface area contributed by atoms with E-state index in [4.69, 9.17) is 10.5 Å². The van der Waals surface area contributed by atoms with Crippen molar-refractivity contribution in [2.75, 3.05) is 19.4 Å². The Morgan fingerprint density at radius 3 is 2.62 bits per heavy atom. The van der Waals surface area contributed by atoms with Gasteiger partial charge in [-0.2, -0.15) is 0 Å². The molecule has 0 bridgehead atoms. The number of nitrogens with two attached hydrogens (primary N) is 1. The molecule has 0 fully saturated rings. The Balaban J connectivity index is 2.70. The number of likely N-dealkylation sites (N-methyl/N-ethyl adjacent to an activating group) is 1. The fraction of sp³-hybridized carbons (Fsp3) is 0.500. The minimum Gasteiger partial charge on any atom is -0.493 e. The predicted octanol–water partition coefficient (Wildman–Crippen LogP) is 0.713. The summed E-state index contributed by atoms with van der Waals surface area (Å²) in [6.45, 7) is 4.47. The number of amides is 1. The number of carbonyl (C=O) groups is 1. The Hall–Kier alpha value is -1.60. The Labute approximate surface area is 125 Å². The van der Waals surface area contributed by atoms with E-state index in [2.05, 4.69) is 5.32 Å². The monoisotopic (exact) mass is 314 g/mol. The van der Waals surface area contributed by atoms with Crippen molar-refractivity contribution in [3.8, 4) is 5.75 Å². The Morgan fingerprint density at radius 1 is 1.43 bits per heavy atom. The van der Waals surface area contributed by atoms with Crippen LogP contribution in [0.2, 0.25) is 0 Å². The van der Waals surface area contributed by atoms with Gasteiger partial charge in [0.25, 0.3) is 0 Å². The maximum Gasteiger partial charge on any atom is 0.237 e. The Bertz CT molecular complexity index is 601. The number of hydrogen-bond donors (Lipinski definition) is 2. The number of hydrogen-bond acceptors (Lipinski definition) is 5. The van der Waals surface area contributed by atoms with Crippen LogP contribution in [0.4, 0.5) is 0 Å². The van der Waals surface area contributed by atoms with Crippen molar-refractivity contribution in [1.29, 1.82) is 0 Å². The van der Waals surface area contributed by atoms with Crippen LogP contribution in [0, 0.1) is 0 Å². The molecule has 0 aliphatic rings. The second-order valence-electron chi connectivity index (χ2n) is 5.07. The molecule has 118 valence electrons. The number of carbonyl (C=O) groups excluding carboxylic acids is 1. The van der Waals surface area contributed by atoms with E-state index in [1.165, 1.54) is 12.1 Å². The van der Waals surface area contributed by atoms with Crippen molar-refractivity contribution >= 4 is 15.7 Å². The molecule has 0 saturated heterocycles. The molecule has 1 amide bonds. The molecule has 0 aliphatic heterocycles. The molecule has 21 heavy (non-hydrogen) atoms. The van der Waals surface area contributed by atoms with Crippen LogP contribution >= 0.6 is 0 Å². The SMILES string of the molecule is CCNC(C)(CCOc1cccc(S(C)(=O)=O)c1)C(N)=O. The maximum atomic E-state index is 11.5. The van der Waals surface area contributed by atoms with E-state index < -0.39 is 21.3 Å². The molecule has 0 heterocycles. The van der Waals surface area contributed by atoms with Gasteiger partial charge >= 0.3 is 0 Å². The van der Waals surface area contributed by atoms with Crippen LogP contribution in [0.1, 0.15) is 20.3 Å². The van der Waals surface area contributed by atoms with Crippen LogP contribution in [-0.2, 0) is 14.6 Å². The molecule has 0 spiro atoms. The van der Waals surface area contributed by atoms with Gasteiger partial charge in [0.1, 0.15) is 5.75 Å². The predicted molar refractivity (Wildman–Crippen MR) is 80.9 cm³/mol. The van der Waals surface area contributed by atoms with E-state index >= 15 is 0 Å². The third-order valence-corrected chi connectivity index (χ3v) is 4.33. The molecule has 1 unspecified atom stereocenters. The first-order chi connectivity index (χ1) is 9.69. The zero-order chi connectivity index (χ0) is 16.1.